The largest absolute Gasteiger partial charge is 0.415 e. The quantitative estimate of drug-likeness (QED) is 0.343. The van der Waals surface area contributed by atoms with Gasteiger partial charge in [-0.1, -0.05) is 42.0 Å². The number of aryl methyl sites for hydroxylation is 1. The van der Waals surface area contributed by atoms with Crippen LogP contribution in [-0.2, 0) is 6.54 Å². The monoisotopic (exact) mass is 430 g/mol. The van der Waals surface area contributed by atoms with E-state index < -0.39 is 6.09 Å². The molecule has 164 valence electrons. The third-order valence-electron chi connectivity index (χ3n) is 5.74. The van der Waals surface area contributed by atoms with Crippen LogP contribution in [0.25, 0.3) is 22.0 Å². The second-order valence-corrected chi connectivity index (χ2v) is 7.85. The lowest BCUT2D eigenvalue weighted by Crippen LogP contribution is -2.33. The Balaban J connectivity index is 1.79. The zero-order valence-electron chi connectivity index (χ0n) is 18.6. The van der Waals surface area contributed by atoms with E-state index in [4.69, 9.17) is 4.74 Å². The maximum atomic E-state index is 13.6. The molecule has 4 rings (SSSR count). The Hall–Kier alpha value is -3.60. The minimum atomic E-state index is -0.392. The molecule has 0 aliphatic carbocycles. The van der Waals surface area contributed by atoms with E-state index in [0.29, 0.717) is 18.8 Å². The fourth-order valence-corrected chi connectivity index (χ4v) is 3.92. The molecule has 0 aliphatic rings. The Morgan fingerprint density at radius 1 is 0.938 bits per heavy atom. The Kier molecular flexibility index (Phi) is 6.26. The highest BCUT2D eigenvalue weighted by Gasteiger charge is 2.19. The van der Waals surface area contributed by atoms with Gasteiger partial charge < -0.3 is 14.2 Å². The van der Waals surface area contributed by atoms with Crippen molar-refractivity contribution in [2.45, 2.75) is 27.3 Å². The molecule has 4 nitrogen and oxygen atoms in total. The summed E-state index contributed by atoms with van der Waals surface area (Å²) in [7, 11) is 0. The molecule has 32 heavy (non-hydrogen) atoms. The number of fused-ring (bicyclic) bond motifs is 1. The van der Waals surface area contributed by atoms with Crippen molar-refractivity contribution in [3.05, 3.63) is 89.9 Å². The first kappa shape index (κ1) is 21.6. The number of amides is 1. The molecule has 3 aromatic carbocycles. The lowest BCUT2D eigenvalue weighted by atomic mass is 10.0. The van der Waals surface area contributed by atoms with Gasteiger partial charge in [-0.25, -0.2) is 9.18 Å². The van der Waals surface area contributed by atoms with Crippen LogP contribution in [0, 0.1) is 12.7 Å². The number of benzene rings is 3. The fourth-order valence-electron chi connectivity index (χ4n) is 3.92. The Morgan fingerprint density at radius 2 is 1.62 bits per heavy atom. The summed E-state index contributed by atoms with van der Waals surface area (Å²) in [6.45, 7) is 7.77. The van der Waals surface area contributed by atoms with E-state index in [2.05, 4.69) is 35.8 Å². The van der Waals surface area contributed by atoms with Crippen LogP contribution in [-0.4, -0.2) is 28.6 Å². The Morgan fingerprint density at radius 3 is 2.28 bits per heavy atom. The smallest absolute Gasteiger partial charge is 0.410 e. The predicted octanol–water partition coefficient (Wildman–Crippen LogP) is 6.64. The van der Waals surface area contributed by atoms with Crippen molar-refractivity contribution in [1.82, 2.24) is 9.47 Å². The molecule has 1 amide bonds. The van der Waals surface area contributed by atoms with Crippen LogP contribution in [0.4, 0.5) is 9.18 Å². The van der Waals surface area contributed by atoms with Gasteiger partial charge in [-0.15, -0.1) is 0 Å². The lowest BCUT2D eigenvalue weighted by Gasteiger charge is -2.20. The van der Waals surface area contributed by atoms with Crippen LogP contribution in [0.1, 0.15) is 25.0 Å². The van der Waals surface area contributed by atoms with Crippen molar-refractivity contribution in [1.29, 1.82) is 0 Å². The molecule has 1 aromatic heterocycles. The minimum absolute atomic E-state index is 0.306. The third kappa shape index (κ3) is 4.37. The standard InChI is InChI=1S/C27H27FN2O2/c1-4-29(5-2)27(31)32-25-15-14-24-23(26(25)21-10-12-22(28)13-11-21)16-17-30(24)18-20-8-6-19(3)7-9-20/h6-17H,4-5,18H2,1-3H3. The first-order valence-corrected chi connectivity index (χ1v) is 10.9. The molecule has 0 saturated carbocycles. The predicted molar refractivity (Wildman–Crippen MR) is 127 cm³/mol. The minimum Gasteiger partial charge on any atom is -0.410 e. The summed E-state index contributed by atoms with van der Waals surface area (Å²) in [4.78, 5) is 14.3. The second kappa shape index (κ2) is 9.27. The van der Waals surface area contributed by atoms with Crippen LogP contribution in [0.5, 0.6) is 5.75 Å². The maximum absolute atomic E-state index is 13.6. The topological polar surface area (TPSA) is 34.5 Å². The van der Waals surface area contributed by atoms with Gasteiger partial charge >= 0.3 is 6.09 Å². The first-order valence-electron chi connectivity index (χ1n) is 10.9. The molecule has 1 heterocycles. The summed E-state index contributed by atoms with van der Waals surface area (Å²) in [5, 5.41) is 0.952. The van der Waals surface area contributed by atoms with Crippen LogP contribution in [0.2, 0.25) is 0 Å². The molecule has 5 heteroatoms. The summed E-state index contributed by atoms with van der Waals surface area (Å²) in [5.41, 5.74) is 5.03. The van der Waals surface area contributed by atoms with E-state index in [1.54, 1.807) is 17.0 Å². The van der Waals surface area contributed by atoms with Crippen LogP contribution < -0.4 is 4.74 Å². The number of ether oxygens (including phenoxy) is 1. The fraction of sp³-hybridized carbons (Fsp3) is 0.222. The van der Waals surface area contributed by atoms with E-state index in [1.165, 1.54) is 23.3 Å². The van der Waals surface area contributed by atoms with E-state index in [-0.39, 0.29) is 5.82 Å². The molecule has 0 fully saturated rings. The van der Waals surface area contributed by atoms with Gasteiger partial charge in [-0.3, -0.25) is 0 Å². The Bertz CT molecular complexity index is 1220. The number of hydrogen-bond acceptors (Lipinski definition) is 2. The Labute approximate surface area is 187 Å². The van der Waals surface area contributed by atoms with Gasteiger partial charge in [-0.2, -0.15) is 0 Å². The molecular weight excluding hydrogens is 403 g/mol. The van der Waals surface area contributed by atoms with Gasteiger partial charge in [0.2, 0.25) is 0 Å². The summed E-state index contributed by atoms with van der Waals surface area (Å²) in [6.07, 6.45) is 1.64. The third-order valence-corrected chi connectivity index (χ3v) is 5.74. The van der Waals surface area contributed by atoms with Gasteiger partial charge in [0.1, 0.15) is 11.6 Å². The van der Waals surface area contributed by atoms with Gasteiger partial charge in [0.15, 0.2) is 0 Å². The molecule has 0 bridgehead atoms. The van der Waals surface area contributed by atoms with Crippen molar-refractivity contribution in [2.75, 3.05) is 13.1 Å². The van der Waals surface area contributed by atoms with Crippen LogP contribution >= 0.6 is 0 Å². The molecule has 0 saturated heterocycles. The number of aromatic nitrogens is 1. The SMILES string of the molecule is CCN(CC)C(=O)Oc1ccc2c(ccn2Cc2ccc(C)cc2)c1-c1ccc(F)cc1. The van der Waals surface area contributed by atoms with Gasteiger partial charge in [0, 0.05) is 42.3 Å². The van der Waals surface area contributed by atoms with E-state index in [9.17, 15) is 9.18 Å². The second-order valence-electron chi connectivity index (χ2n) is 7.85. The number of rotatable bonds is 6. The highest BCUT2D eigenvalue weighted by molar-refractivity contribution is 5.99. The van der Waals surface area contributed by atoms with Crippen molar-refractivity contribution in [3.63, 3.8) is 0 Å². The molecule has 0 N–H and O–H groups in total. The zero-order valence-corrected chi connectivity index (χ0v) is 18.6. The van der Waals surface area contributed by atoms with Gasteiger partial charge in [0.05, 0.1) is 0 Å². The molecule has 0 unspecified atom stereocenters. The van der Waals surface area contributed by atoms with Crippen LogP contribution in [0.3, 0.4) is 0 Å². The number of halogens is 1. The number of nitrogens with zero attached hydrogens (tertiary/aromatic N) is 2. The number of carbonyl (C=O) groups excluding carboxylic acids is 1. The van der Waals surface area contributed by atoms with Crippen molar-refractivity contribution in [2.24, 2.45) is 0 Å². The van der Waals surface area contributed by atoms with Crippen molar-refractivity contribution < 1.29 is 13.9 Å². The molecule has 0 aliphatic heterocycles. The summed E-state index contributed by atoms with van der Waals surface area (Å²) in [5.74, 6) is 0.161. The van der Waals surface area contributed by atoms with Gasteiger partial charge in [0.25, 0.3) is 0 Å². The average molecular weight is 431 g/mol. The number of carbonyl (C=O) groups is 1. The summed E-state index contributed by atoms with van der Waals surface area (Å²) >= 11 is 0. The van der Waals surface area contributed by atoms with Crippen LogP contribution in [0.15, 0.2) is 72.9 Å². The van der Waals surface area contributed by atoms with E-state index >= 15 is 0 Å². The summed E-state index contributed by atoms with van der Waals surface area (Å²) in [6, 6.07) is 20.6. The normalized spacial score (nSPS) is 11.0. The van der Waals surface area contributed by atoms with Crippen molar-refractivity contribution >= 4 is 17.0 Å². The molecule has 0 spiro atoms. The highest BCUT2D eigenvalue weighted by atomic mass is 19.1. The highest BCUT2D eigenvalue weighted by Crippen LogP contribution is 2.38. The van der Waals surface area contributed by atoms with Crippen molar-refractivity contribution in [3.8, 4) is 16.9 Å². The van der Waals surface area contributed by atoms with E-state index in [0.717, 1.165) is 28.6 Å². The van der Waals surface area contributed by atoms with Gasteiger partial charge in [-0.05, 0) is 62.2 Å². The maximum Gasteiger partial charge on any atom is 0.415 e. The first-order chi connectivity index (χ1) is 15.5. The molecule has 0 atom stereocenters. The molecular formula is C27H27FN2O2. The molecule has 0 radical (unpaired) electrons. The summed E-state index contributed by atoms with van der Waals surface area (Å²) < 4.78 is 21.6. The zero-order chi connectivity index (χ0) is 22.7. The lowest BCUT2D eigenvalue weighted by molar-refractivity contribution is 0.157. The van der Waals surface area contributed by atoms with E-state index in [1.807, 2.05) is 38.2 Å². The molecule has 4 aromatic rings. The number of hydrogen-bond donors (Lipinski definition) is 0. The average Bonchev–Trinajstić information content (AvgIpc) is 3.19.